The Labute approximate surface area is 62.4 Å². The van der Waals surface area contributed by atoms with Crippen molar-refractivity contribution in [2.24, 2.45) is 5.41 Å². The molecule has 0 atom stereocenters. The number of hydrogen-bond donors (Lipinski definition) is 0. The molecule has 0 nitrogen and oxygen atoms in total. The Morgan fingerprint density at radius 1 is 1.56 bits per heavy atom. The summed E-state index contributed by atoms with van der Waals surface area (Å²) in [4.78, 5) is 0. The zero-order valence-corrected chi connectivity index (χ0v) is 7.22. The molecule has 0 rings (SSSR count). The van der Waals surface area contributed by atoms with Gasteiger partial charge < -0.3 is 0 Å². The monoisotopic (exact) mass is 142 g/mol. The molecule has 0 fully saturated rings. The third kappa shape index (κ3) is 4.42. The minimum absolute atomic E-state index is 0.100. The van der Waals surface area contributed by atoms with Crippen molar-refractivity contribution < 1.29 is 0 Å². The predicted octanol–water partition coefficient (Wildman–Crippen LogP) is 2.40. The quantitative estimate of drug-likeness (QED) is 0.545. The molecule has 0 amide bonds. The fraction of sp³-hybridized carbons (Fsp3) is 0.750. The zero-order valence-electron chi connectivity index (χ0n) is 6.40. The van der Waals surface area contributed by atoms with E-state index in [4.69, 9.17) is 6.42 Å². The van der Waals surface area contributed by atoms with E-state index in [1.807, 2.05) is 11.8 Å². The Balaban J connectivity index is 3.49. The summed E-state index contributed by atoms with van der Waals surface area (Å²) in [5.41, 5.74) is 0.100. The first-order chi connectivity index (χ1) is 4.12. The lowest BCUT2D eigenvalue weighted by atomic mass is 9.92. The molecule has 0 spiro atoms. The second-order valence-corrected chi connectivity index (χ2v) is 3.76. The number of hydrogen-bond acceptors (Lipinski definition) is 1. The molecule has 0 bridgehead atoms. The van der Waals surface area contributed by atoms with Gasteiger partial charge in [0.05, 0.1) is 0 Å². The molecule has 0 saturated heterocycles. The van der Waals surface area contributed by atoms with Crippen LogP contribution >= 0.6 is 11.8 Å². The van der Waals surface area contributed by atoms with Gasteiger partial charge in [0.2, 0.25) is 0 Å². The van der Waals surface area contributed by atoms with Crippen LogP contribution in [0.2, 0.25) is 0 Å². The Morgan fingerprint density at radius 3 is 2.44 bits per heavy atom. The van der Waals surface area contributed by atoms with E-state index < -0.39 is 0 Å². The molecule has 9 heavy (non-hydrogen) atoms. The average Bonchev–Trinajstić information content (AvgIpc) is 1.84. The van der Waals surface area contributed by atoms with Gasteiger partial charge in [0.25, 0.3) is 0 Å². The van der Waals surface area contributed by atoms with Crippen LogP contribution in [0.5, 0.6) is 0 Å². The molecule has 0 aromatic rings. The molecule has 0 N–H and O–H groups in total. The van der Waals surface area contributed by atoms with Crippen molar-refractivity contribution >= 4 is 11.8 Å². The summed E-state index contributed by atoms with van der Waals surface area (Å²) in [5.74, 6) is 3.93. The van der Waals surface area contributed by atoms with Crippen LogP contribution in [-0.4, -0.2) is 12.0 Å². The van der Waals surface area contributed by atoms with Crippen LogP contribution in [0.1, 0.15) is 20.3 Å². The highest BCUT2D eigenvalue weighted by molar-refractivity contribution is 7.98. The lowest BCUT2D eigenvalue weighted by Gasteiger charge is -2.15. The van der Waals surface area contributed by atoms with E-state index in [2.05, 4.69) is 26.0 Å². The normalized spacial score (nSPS) is 10.9. The maximum atomic E-state index is 5.29. The Morgan fingerprint density at radius 2 is 2.11 bits per heavy atom. The highest BCUT2D eigenvalue weighted by atomic mass is 32.2. The van der Waals surface area contributed by atoms with Crippen LogP contribution in [0.3, 0.4) is 0 Å². The molecule has 0 aromatic carbocycles. The maximum Gasteiger partial charge on any atom is 0.0263 e. The first-order valence-corrected chi connectivity index (χ1v) is 4.48. The summed E-state index contributed by atoms with van der Waals surface area (Å²) in [6.45, 7) is 4.20. The van der Waals surface area contributed by atoms with Crippen molar-refractivity contribution in [2.75, 3.05) is 12.0 Å². The van der Waals surface area contributed by atoms with Gasteiger partial charge in [-0.05, 0) is 32.3 Å². The predicted molar refractivity (Wildman–Crippen MR) is 45.6 cm³/mol. The van der Waals surface area contributed by atoms with E-state index >= 15 is 0 Å². The SMILES string of the molecule is C#CC(C)(C)CCSC. The first-order valence-electron chi connectivity index (χ1n) is 3.09. The summed E-state index contributed by atoms with van der Waals surface area (Å²) < 4.78 is 0. The topological polar surface area (TPSA) is 0 Å². The molecule has 0 unspecified atom stereocenters. The van der Waals surface area contributed by atoms with Crippen LogP contribution in [0.25, 0.3) is 0 Å². The summed E-state index contributed by atoms with van der Waals surface area (Å²) in [6, 6.07) is 0. The molecule has 0 saturated carbocycles. The highest BCUT2D eigenvalue weighted by Gasteiger charge is 2.11. The van der Waals surface area contributed by atoms with Crippen LogP contribution in [-0.2, 0) is 0 Å². The standard InChI is InChI=1S/C8H14S/c1-5-8(2,3)6-7-9-4/h1H,6-7H2,2-4H3. The van der Waals surface area contributed by atoms with Crippen molar-refractivity contribution in [3.8, 4) is 12.3 Å². The van der Waals surface area contributed by atoms with E-state index in [-0.39, 0.29) is 5.41 Å². The molecule has 0 aromatic heterocycles. The van der Waals surface area contributed by atoms with Gasteiger partial charge in [-0.1, -0.05) is 0 Å². The lowest BCUT2D eigenvalue weighted by molar-refractivity contribution is 0.490. The second kappa shape index (κ2) is 3.85. The molecule has 1 heteroatoms. The van der Waals surface area contributed by atoms with E-state index in [0.717, 1.165) is 12.2 Å². The third-order valence-electron chi connectivity index (χ3n) is 1.32. The zero-order chi connectivity index (χ0) is 7.33. The van der Waals surface area contributed by atoms with Gasteiger partial charge in [0.15, 0.2) is 0 Å². The van der Waals surface area contributed by atoms with Gasteiger partial charge in [0.1, 0.15) is 0 Å². The van der Waals surface area contributed by atoms with E-state index in [9.17, 15) is 0 Å². The second-order valence-electron chi connectivity index (χ2n) is 2.77. The fourth-order valence-electron chi connectivity index (χ4n) is 0.429. The smallest absolute Gasteiger partial charge is 0.0263 e. The third-order valence-corrected chi connectivity index (χ3v) is 1.93. The molecule has 0 radical (unpaired) electrons. The highest BCUT2D eigenvalue weighted by Crippen LogP contribution is 2.20. The molecule has 0 heterocycles. The van der Waals surface area contributed by atoms with Crippen LogP contribution in [0.4, 0.5) is 0 Å². The van der Waals surface area contributed by atoms with Gasteiger partial charge in [-0.25, -0.2) is 0 Å². The Hall–Kier alpha value is -0.0900. The minimum Gasteiger partial charge on any atom is -0.165 e. The molecule has 0 aliphatic heterocycles. The van der Waals surface area contributed by atoms with Crippen molar-refractivity contribution in [2.45, 2.75) is 20.3 Å². The van der Waals surface area contributed by atoms with E-state index in [1.165, 1.54) is 0 Å². The Bertz CT molecular complexity index is 108. The number of thioether (sulfide) groups is 1. The average molecular weight is 142 g/mol. The maximum absolute atomic E-state index is 5.29. The Kier molecular flexibility index (Phi) is 3.81. The molecular formula is C8H14S. The molecular weight excluding hydrogens is 128 g/mol. The van der Waals surface area contributed by atoms with Crippen LogP contribution in [0.15, 0.2) is 0 Å². The minimum atomic E-state index is 0.100. The molecule has 0 aliphatic rings. The lowest BCUT2D eigenvalue weighted by Crippen LogP contribution is -2.08. The van der Waals surface area contributed by atoms with Gasteiger partial charge in [0, 0.05) is 5.41 Å². The van der Waals surface area contributed by atoms with Crippen molar-refractivity contribution in [1.82, 2.24) is 0 Å². The van der Waals surface area contributed by atoms with Crippen LogP contribution in [0, 0.1) is 17.8 Å². The summed E-state index contributed by atoms with van der Waals surface area (Å²) in [6.07, 6.45) is 8.51. The van der Waals surface area contributed by atoms with Gasteiger partial charge >= 0.3 is 0 Å². The van der Waals surface area contributed by atoms with Gasteiger partial charge in [-0.3, -0.25) is 0 Å². The van der Waals surface area contributed by atoms with Crippen molar-refractivity contribution in [3.63, 3.8) is 0 Å². The molecule has 0 aliphatic carbocycles. The summed E-state index contributed by atoms with van der Waals surface area (Å²) >= 11 is 1.85. The fourth-order valence-corrected chi connectivity index (χ4v) is 1.14. The van der Waals surface area contributed by atoms with Gasteiger partial charge in [-0.15, -0.1) is 12.3 Å². The van der Waals surface area contributed by atoms with Gasteiger partial charge in [-0.2, -0.15) is 11.8 Å². The largest absolute Gasteiger partial charge is 0.165 e. The van der Waals surface area contributed by atoms with E-state index in [0.29, 0.717) is 0 Å². The molecule has 52 valence electrons. The number of terminal acetylenes is 1. The summed E-state index contributed by atoms with van der Waals surface area (Å²) in [7, 11) is 0. The summed E-state index contributed by atoms with van der Waals surface area (Å²) in [5, 5.41) is 0. The van der Waals surface area contributed by atoms with Crippen molar-refractivity contribution in [1.29, 1.82) is 0 Å². The van der Waals surface area contributed by atoms with E-state index in [1.54, 1.807) is 0 Å². The number of rotatable bonds is 3. The van der Waals surface area contributed by atoms with Crippen molar-refractivity contribution in [3.05, 3.63) is 0 Å². The first kappa shape index (κ1) is 8.91. The van der Waals surface area contributed by atoms with Crippen LogP contribution < -0.4 is 0 Å².